The van der Waals surface area contributed by atoms with Crippen LogP contribution in [0.4, 0.5) is 0 Å². The molecule has 39 heavy (non-hydrogen) atoms. The van der Waals surface area contributed by atoms with Gasteiger partial charge in [-0.2, -0.15) is 4.31 Å². The molecule has 0 aliphatic rings. The highest BCUT2D eigenvalue weighted by Gasteiger charge is 2.22. The van der Waals surface area contributed by atoms with Crippen molar-refractivity contribution in [3.8, 4) is 5.69 Å². The lowest BCUT2D eigenvalue weighted by Crippen LogP contribution is -2.30. The van der Waals surface area contributed by atoms with Crippen molar-refractivity contribution in [2.24, 2.45) is 0 Å². The summed E-state index contributed by atoms with van der Waals surface area (Å²) in [6, 6.07) is 20.0. The van der Waals surface area contributed by atoms with Crippen LogP contribution in [0.2, 0.25) is 0 Å². The van der Waals surface area contributed by atoms with Gasteiger partial charge in [0.15, 0.2) is 10.9 Å². The fourth-order valence-electron chi connectivity index (χ4n) is 4.29. The first-order valence-corrected chi connectivity index (χ1v) is 15.1. The number of nitrogens with zero attached hydrogens (tertiary/aromatic N) is 4. The number of aromatic nitrogens is 3. The molecule has 4 rings (SSSR count). The Bertz CT molecular complexity index is 1570. The average Bonchev–Trinajstić information content (AvgIpc) is 3.34. The minimum Gasteiger partial charge on any atom is -0.356 e. The summed E-state index contributed by atoms with van der Waals surface area (Å²) >= 11 is 1.26. The molecule has 0 unspecified atom stereocenters. The number of rotatable bonds is 12. The van der Waals surface area contributed by atoms with Crippen LogP contribution in [0.3, 0.4) is 0 Å². The Labute approximate surface area is 232 Å². The molecule has 0 bridgehead atoms. The lowest BCUT2D eigenvalue weighted by Gasteiger charge is -2.18. The van der Waals surface area contributed by atoms with Crippen LogP contribution in [-0.2, 0) is 21.2 Å². The smallest absolute Gasteiger partial charge is 0.243 e. The lowest BCUT2D eigenvalue weighted by atomic mass is 10.1. The maximum Gasteiger partial charge on any atom is 0.243 e. The van der Waals surface area contributed by atoms with Gasteiger partial charge in [0.25, 0.3) is 0 Å². The van der Waals surface area contributed by atoms with E-state index in [2.05, 4.69) is 15.5 Å². The van der Waals surface area contributed by atoms with Crippen molar-refractivity contribution >= 4 is 44.2 Å². The second-order valence-corrected chi connectivity index (χ2v) is 11.7. The SMILES string of the molecule is CCN(CC)S(=O)(=O)c1ccc(C(=O)CSc2nnc(CCNC(C)=O)n2-c2cccc3ccccc23)cc1. The van der Waals surface area contributed by atoms with Gasteiger partial charge in [-0.3, -0.25) is 14.2 Å². The Morgan fingerprint density at radius 1 is 0.949 bits per heavy atom. The molecule has 3 aromatic carbocycles. The maximum absolute atomic E-state index is 13.1. The molecule has 0 radical (unpaired) electrons. The zero-order chi connectivity index (χ0) is 28.0. The van der Waals surface area contributed by atoms with E-state index in [0.717, 1.165) is 16.5 Å². The van der Waals surface area contributed by atoms with Crippen LogP contribution < -0.4 is 5.32 Å². The first-order chi connectivity index (χ1) is 18.8. The number of benzene rings is 3. The molecule has 4 aromatic rings. The van der Waals surface area contributed by atoms with E-state index in [1.165, 1.54) is 35.1 Å². The van der Waals surface area contributed by atoms with Crippen LogP contribution in [0.25, 0.3) is 16.5 Å². The minimum atomic E-state index is -3.59. The van der Waals surface area contributed by atoms with E-state index in [-0.39, 0.29) is 22.3 Å². The molecule has 1 N–H and O–H groups in total. The van der Waals surface area contributed by atoms with Gasteiger partial charge in [0.05, 0.1) is 16.3 Å². The fraction of sp³-hybridized carbons (Fsp3) is 0.286. The third-order valence-corrected chi connectivity index (χ3v) is 9.28. The number of fused-ring (bicyclic) bond motifs is 1. The summed E-state index contributed by atoms with van der Waals surface area (Å²) in [4.78, 5) is 24.6. The monoisotopic (exact) mass is 565 g/mol. The Hall–Kier alpha value is -3.54. The Morgan fingerprint density at radius 2 is 1.64 bits per heavy atom. The van der Waals surface area contributed by atoms with Gasteiger partial charge >= 0.3 is 0 Å². The van der Waals surface area contributed by atoms with Crippen molar-refractivity contribution in [3.63, 3.8) is 0 Å². The van der Waals surface area contributed by atoms with Crippen LogP contribution >= 0.6 is 11.8 Å². The quantitative estimate of drug-likeness (QED) is 0.203. The van der Waals surface area contributed by atoms with E-state index in [9.17, 15) is 18.0 Å². The van der Waals surface area contributed by atoms with Crippen LogP contribution in [0.15, 0.2) is 76.8 Å². The molecule has 0 aliphatic carbocycles. The highest BCUT2D eigenvalue weighted by Crippen LogP contribution is 2.29. The molecule has 0 saturated heterocycles. The van der Waals surface area contributed by atoms with Gasteiger partial charge in [0.2, 0.25) is 15.9 Å². The molecule has 0 saturated carbocycles. The number of Topliss-reactive ketones (excluding diaryl/α,β-unsaturated/α-hetero) is 1. The van der Waals surface area contributed by atoms with Crippen molar-refractivity contribution in [2.45, 2.75) is 37.2 Å². The predicted molar refractivity (Wildman–Crippen MR) is 153 cm³/mol. The Balaban J connectivity index is 1.58. The minimum absolute atomic E-state index is 0.0940. The molecule has 11 heteroatoms. The molecule has 0 spiro atoms. The molecular formula is C28H31N5O4S2. The zero-order valence-corrected chi connectivity index (χ0v) is 23.8. The first-order valence-electron chi connectivity index (χ1n) is 12.7. The summed E-state index contributed by atoms with van der Waals surface area (Å²) in [6.45, 7) is 6.20. The number of hydrogen-bond acceptors (Lipinski definition) is 7. The third kappa shape index (κ3) is 6.38. The van der Waals surface area contributed by atoms with Crippen LogP contribution in [0, 0.1) is 0 Å². The van der Waals surface area contributed by atoms with Crippen molar-refractivity contribution in [2.75, 3.05) is 25.4 Å². The molecule has 0 fully saturated rings. The fourth-order valence-corrected chi connectivity index (χ4v) is 6.61. The molecule has 1 amide bonds. The Morgan fingerprint density at radius 3 is 2.33 bits per heavy atom. The number of carbonyl (C=O) groups excluding carboxylic acids is 2. The molecule has 204 valence electrons. The molecule has 1 heterocycles. The topological polar surface area (TPSA) is 114 Å². The second kappa shape index (κ2) is 12.5. The number of ketones is 1. The van der Waals surface area contributed by atoms with E-state index in [4.69, 9.17) is 0 Å². The average molecular weight is 566 g/mol. The number of amides is 1. The van der Waals surface area contributed by atoms with Gasteiger partial charge in [-0.15, -0.1) is 10.2 Å². The van der Waals surface area contributed by atoms with Crippen molar-refractivity contribution in [3.05, 3.63) is 78.1 Å². The molecule has 1 aromatic heterocycles. The van der Waals surface area contributed by atoms with Crippen LogP contribution in [0.1, 0.15) is 37.0 Å². The number of nitrogens with one attached hydrogen (secondary N) is 1. The van der Waals surface area contributed by atoms with Crippen molar-refractivity contribution < 1.29 is 18.0 Å². The van der Waals surface area contributed by atoms with Gasteiger partial charge in [-0.05, 0) is 23.6 Å². The number of sulfonamides is 1. The highest BCUT2D eigenvalue weighted by molar-refractivity contribution is 7.99. The summed E-state index contributed by atoms with van der Waals surface area (Å²) in [6.07, 6.45) is 0.465. The normalized spacial score (nSPS) is 11.7. The van der Waals surface area contributed by atoms with E-state index < -0.39 is 10.0 Å². The lowest BCUT2D eigenvalue weighted by molar-refractivity contribution is -0.118. The molecular weight excluding hydrogens is 534 g/mol. The first kappa shape index (κ1) is 28.5. The van der Waals surface area contributed by atoms with Gasteiger partial charge in [-0.1, -0.05) is 74.1 Å². The largest absolute Gasteiger partial charge is 0.356 e. The van der Waals surface area contributed by atoms with E-state index in [0.29, 0.717) is 42.6 Å². The number of carbonyl (C=O) groups is 2. The summed E-state index contributed by atoms with van der Waals surface area (Å²) < 4.78 is 28.8. The van der Waals surface area contributed by atoms with Crippen LogP contribution in [-0.4, -0.2) is 64.6 Å². The highest BCUT2D eigenvalue weighted by atomic mass is 32.2. The summed E-state index contributed by atoms with van der Waals surface area (Å²) in [5.41, 5.74) is 1.31. The van der Waals surface area contributed by atoms with Crippen molar-refractivity contribution in [1.29, 1.82) is 0 Å². The van der Waals surface area contributed by atoms with Crippen LogP contribution in [0.5, 0.6) is 0 Å². The summed E-state index contributed by atoms with van der Waals surface area (Å²) in [5.74, 6) is 0.485. The third-order valence-electron chi connectivity index (χ3n) is 6.28. The standard InChI is InChI=1S/C28H31N5O4S2/c1-4-32(5-2)39(36,37)23-15-13-22(14-16-23)26(35)19-38-28-31-30-27(17-18-29-20(3)34)33(28)25-12-8-10-21-9-6-7-11-24(21)25/h6-16H,4-5,17-19H2,1-3H3,(H,29,34). The maximum atomic E-state index is 13.1. The van der Waals surface area contributed by atoms with Gasteiger partial charge in [0.1, 0.15) is 5.82 Å². The summed E-state index contributed by atoms with van der Waals surface area (Å²) in [5, 5.41) is 14.2. The zero-order valence-electron chi connectivity index (χ0n) is 22.1. The van der Waals surface area contributed by atoms with E-state index in [1.807, 2.05) is 47.0 Å². The van der Waals surface area contributed by atoms with E-state index in [1.54, 1.807) is 26.0 Å². The molecule has 0 aliphatic heterocycles. The molecule has 9 nitrogen and oxygen atoms in total. The second-order valence-electron chi connectivity index (χ2n) is 8.79. The van der Waals surface area contributed by atoms with Gasteiger partial charge in [-0.25, -0.2) is 8.42 Å². The number of hydrogen-bond donors (Lipinski definition) is 1. The number of thioether (sulfide) groups is 1. The molecule has 0 atom stereocenters. The van der Waals surface area contributed by atoms with Gasteiger partial charge < -0.3 is 5.32 Å². The van der Waals surface area contributed by atoms with E-state index >= 15 is 0 Å². The Kier molecular flexibility index (Phi) is 9.16. The van der Waals surface area contributed by atoms with Gasteiger partial charge in [0, 0.05) is 43.9 Å². The predicted octanol–water partition coefficient (Wildman–Crippen LogP) is 4.10. The summed E-state index contributed by atoms with van der Waals surface area (Å²) in [7, 11) is -3.59. The van der Waals surface area contributed by atoms with Crippen molar-refractivity contribution in [1.82, 2.24) is 24.4 Å².